The molecular formula is C17H11ClN2. The van der Waals surface area contributed by atoms with Gasteiger partial charge in [-0.3, -0.25) is 0 Å². The van der Waals surface area contributed by atoms with E-state index in [1.165, 1.54) is 10.8 Å². The van der Waals surface area contributed by atoms with Gasteiger partial charge in [0.2, 0.25) is 0 Å². The Labute approximate surface area is 121 Å². The van der Waals surface area contributed by atoms with Gasteiger partial charge in [-0.25, -0.2) is 4.99 Å². The Morgan fingerprint density at radius 2 is 1.60 bits per heavy atom. The van der Waals surface area contributed by atoms with Crippen LogP contribution in [-0.4, -0.2) is 5.84 Å². The Kier molecular flexibility index (Phi) is 2.51. The lowest BCUT2D eigenvalue weighted by molar-refractivity contribution is 1.55. The molecule has 0 saturated carbocycles. The highest BCUT2D eigenvalue weighted by atomic mass is 35.5. The normalized spacial score (nSPS) is 12.6. The van der Waals surface area contributed by atoms with Gasteiger partial charge in [0.05, 0.1) is 5.69 Å². The molecule has 0 aromatic heterocycles. The molecule has 96 valence electrons. The zero-order chi connectivity index (χ0) is 13.5. The van der Waals surface area contributed by atoms with Gasteiger partial charge in [0.25, 0.3) is 0 Å². The van der Waals surface area contributed by atoms with Crippen LogP contribution in [0.5, 0.6) is 0 Å². The summed E-state index contributed by atoms with van der Waals surface area (Å²) in [6.45, 7) is 0. The summed E-state index contributed by atoms with van der Waals surface area (Å²) in [5.41, 5.74) is 3.15. The number of hydrogen-bond donors (Lipinski definition) is 1. The van der Waals surface area contributed by atoms with E-state index in [2.05, 4.69) is 34.6 Å². The number of aliphatic imine (C=N–C) groups is 1. The van der Waals surface area contributed by atoms with Crippen LogP contribution in [0.2, 0.25) is 5.02 Å². The van der Waals surface area contributed by atoms with Gasteiger partial charge in [-0.2, -0.15) is 0 Å². The Morgan fingerprint density at radius 1 is 0.850 bits per heavy atom. The largest absolute Gasteiger partial charge is 0.340 e. The van der Waals surface area contributed by atoms with Crippen molar-refractivity contribution in [2.45, 2.75) is 0 Å². The smallest absolute Gasteiger partial charge is 0.139 e. The fourth-order valence-electron chi connectivity index (χ4n) is 2.56. The molecule has 1 aliphatic rings. The van der Waals surface area contributed by atoms with E-state index in [9.17, 15) is 0 Å². The summed E-state index contributed by atoms with van der Waals surface area (Å²) in [5, 5.41) is 6.53. The van der Waals surface area contributed by atoms with Gasteiger partial charge < -0.3 is 5.32 Å². The fourth-order valence-corrected chi connectivity index (χ4v) is 2.68. The minimum absolute atomic E-state index is 0.731. The summed E-state index contributed by atoms with van der Waals surface area (Å²) in [6, 6.07) is 20.1. The van der Waals surface area contributed by atoms with Gasteiger partial charge in [0.15, 0.2) is 0 Å². The third-order valence-corrected chi connectivity index (χ3v) is 3.73. The number of halogens is 1. The van der Waals surface area contributed by atoms with Crippen LogP contribution < -0.4 is 5.32 Å². The summed E-state index contributed by atoms with van der Waals surface area (Å²) < 4.78 is 0. The van der Waals surface area contributed by atoms with Gasteiger partial charge in [0, 0.05) is 21.7 Å². The van der Waals surface area contributed by atoms with Crippen LogP contribution in [0.3, 0.4) is 0 Å². The molecular weight excluding hydrogens is 268 g/mol. The van der Waals surface area contributed by atoms with Crippen molar-refractivity contribution in [3.63, 3.8) is 0 Å². The molecule has 4 rings (SSSR count). The highest BCUT2D eigenvalue weighted by molar-refractivity contribution is 6.30. The number of benzene rings is 3. The molecule has 0 radical (unpaired) electrons. The molecule has 0 atom stereocenters. The molecule has 1 heterocycles. The molecule has 2 nitrogen and oxygen atoms in total. The van der Waals surface area contributed by atoms with E-state index in [1.807, 2.05) is 36.4 Å². The minimum Gasteiger partial charge on any atom is -0.340 e. The van der Waals surface area contributed by atoms with E-state index >= 15 is 0 Å². The van der Waals surface area contributed by atoms with Gasteiger partial charge in [-0.1, -0.05) is 41.9 Å². The first-order valence-electron chi connectivity index (χ1n) is 6.45. The van der Waals surface area contributed by atoms with Crippen LogP contribution in [0, 0.1) is 0 Å². The van der Waals surface area contributed by atoms with Gasteiger partial charge in [-0.15, -0.1) is 0 Å². The zero-order valence-electron chi connectivity index (χ0n) is 10.6. The molecule has 3 aromatic carbocycles. The maximum Gasteiger partial charge on any atom is 0.139 e. The number of nitrogens with one attached hydrogen (secondary N) is 1. The average Bonchev–Trinajstić information content (AvgIpc) is 2.82. The van der Waals surface area contributed by atoms with E-state index in [-0.39, 0.29) is 0 Å². The summed E-state index contributed by atoms with van der Waals surface area (Å²) in [4.78, 5) is 4.69. The van der Waals surface area contributed by atoms with Crippen molar-refractivity contribution >= 4 is 39.6 Å². The number of nitrogens with zero attached hydrogens (tertiary/aromatic N) is 1. The fraction of sp³-hybridized carbons (Fsp3) is 0. The Morgan fingerprint density at radius 3 is 2.40 bits per heavy atom. The van der Waals surface area contributed by atoms with Crippen molar-refractivity contribution in [3.05, 3.63) is 71.2 Å². The second-order valence-corrected chi connectivity index (χ2v) is 5.21. The van der Waals surface area contributed by atoms with E-state index in [0.29, 0.717) is 0 Å². The van der Waals surface area contributed by atoms with Crippen molar-refractivity contribution in [2.24, 2.45) is 4.99 Å². The van der Waals surface area contributed by atoms with Gasteiger partial charge >= 0.3 is 0 Å². The quantitative estimate of drug-likeness (QED) is 0.666. The molecule has 3 heteroatoms. The topological polar surface area (TPSA) is 24.4 Å². The molecule has 20 heavy (non-hydrogen) atoms. The molecule has 0 amide bonds. The molecule has 0 unspecified atom stereocenters. The second kappa shape index (κ2) is 4.36. The number of anilines is 1. The number of amidine groups is 1. The van der Waals surface area contributed by atoms with E-state index in [4.69, 9.17) is 11.6 Å². The predicted molar refractivity (Wildman–Crippen MR) is 85.2 cm³/mol. The third-order valence-electron chi connectivity index (χ3n) is 3.48. The Balaban J connectivity index is 1.79. The average molecular weight is 279 g/mol. The number of rotatable bonds is 1. The highest BCUT2D eigenvalue weighted by Gasteiger charge is 2.17. The van der Waals surface area contributed by atoms with Crippen LogP contribution in [-0.2, 0) is 0 Å². The third kappa shape index (κ3) is 1.77. The first-order valence-corrected chi connectivity index (χ1v) is 6.82. The van der Waals surface area contributed by atoms with Crippen molar-refractivity contribution in [2.75, 3.05) is 5.32 Å². The SMILES string of the molecule is Clc1ccc(NC2=Nc3cccc4cccc2c34)cc1. The molecule has 0 bridgehead atoms. The molecule has 0 aliphatic carbocycles. The maximum atomic E-state index is 5.91. The van der Waals surface area contributed by atoms with Crippen LogP contribution in [0.25, 0.3) is 10.8 Å². The second-order valence-electron chi connectivity index (χ2n) is 4.77. The summed E-state index contributed by atoms with van der Waals surface area (Å²) in [6.07, 6.45) is 0. The Hall–Kier alpha value is -2.32. The monoisotopic (exact) mass is 278 g/mol. The molecule has 1 aliphatic heterocycles. The molecule has 0 spiro atoms. The lowest BCUT2D eigenvalue weighted by Gasteiger charge is -2.07. The summed E-state index contributed by atoms with van der Waals surface area (Å²) in [7, 11) is 0. The van der Waals surface area contributed by atoms with E-state index in [0.717, 1.165) is 27.8 Å². The molecule has 3 aromatic rings. The Bertz CT molecular complexity index is 830. The van der Waals surface area contributed by atoms with Crippen LogP contribution in [0.15, 0.2) is 65.7 Å². The first kappa shape index (κ1) is 11.5. The van der Waals surface area contributed by atoms with Crippen molar-refractivity contribution in [1.29, 1.82) is 0 Å². The summed E-state index contributed by atoms with van der Waals surface area (Å²) in [5.74, 6) is 0.888. The zero-order valence-corrected chi connectivity index (χ0v) is 11.4. The van der Waals surface area contributed by atoms with Gasteiger partial charge in [-0.05, 0) is 35.7 Å². The van der Waals surface area contributed by atoms with Crippen molar-refractivity contribution in [1.82, 2.24) is 0 Å². The van der Waals surface area contributed by atoms with Crippen LogP contribution in [0.4, 0.5) is 11.4 Å². The van der Waals surface area contributed by atoms with Crippen LogP contribution in [0.1, 0.15) is 5.56 Å². The first-order chi connectivity index (χ1) is 9.81. The van der Waals surface area contributed by atoms with Gasteiger partial charge in [0.1, 0.15) is 5.84 Å². The van der Waals surface area contributed by atoms with Crippen molar-refractivity contribution < 1.29 is 0 Å². The number of hydrogen-bond acceptors (Lipinski definition) is 2. The predicted octanol–water partition coefficient (Wildman–Crippen LogP) is 5.00. The lowest BCUT2D eigenvalue weighted by atomic mass is 10.0. The molecule has 1 N–H and O–H groups in total. The molecule has 0 saturated heterocycles. The molecule has 0 fully saturated rings. The minimum atomic E-state index is 0.731. The van der Waals surface area contributed by atoms with Crippen molar-refractivity contribution in [3.8, 4) is 0 Å². The van der Waals surface area contributed by atoms with E-state index < -0.39 is 0 Å². The van der Waals surface area contributed by atoms with E-state index in [1.54, 1.807) is 0 Å². The lowest BCUT2D eigenvalue weighted by Crippen LogP contribution is -2.10. The standard InChI is InChI=1S/C17H11ClN2/c18-12-7-9-13(10-8-12)19-17-14-5-1-3-11-4-2-6-15(20-17)16(11)14/h1-10H,(H,19,20). The highest BCUT2D eigenvalue weighted by Crippen LogP contribution is 2.35. The summed E-state index contributed by atoms with van der Waals surface area (Å²) >= 11 is 5.91. The maximum absolute atomic E-state index is 5.91. The van der Waals surface area contributed by atoms with Crippen LogP contribution >= 0.6 is 11.6 Å².